The zero-order chi connectivity index (χ0) is 19.7. The average molecular weight is 379 g/mol. The number of ketones is 1. The van der Waals surface area contributed by atoms with Gasteiger partial charge >= 0.3 is 0 Å². The summed E-state index contributed by atoms with van der Waals surface area (Å²) in [7, 11) is 0. The van der Waals surface area contributed by atoms with E-state index in [0.717, 1.165) is 38.4 Å². The molecule has 2 atom stereocenters. The molecule has 4 rings (SSSR count). The maximum Gasteiger partial charge on any atom is 0.225 e. The van der Waals surface area contributed by atoms with Gasteiger partial charge < -0.3 is 4.90 Å². The van der Waals surface area contributed by atoms with Crippen LogP contribution in [0.15, 0.2) is 42.7 Å². The van der Waals surface area contributed by atoms with Crippen molar-refractivity contribution in [3.05, 3.63) is 53.9 Å². The first-order valence-electron chi connectivity index (χ1n) is 10.3. The summed E-state index contributed by atoms with van der Waals surface area (Å²) in [5.74, 6) is 1.12. The Kier molecular flexibility index (Phi) is 5.19. The summed E-state index contributed by atoms with van der Waals surface area (Å²) >= 11 is 0. The maximum absolute atomic E-state index is 11.6. The predicted molar refractivity (Wildman–Crippen MR) is 111 cm³/mol. The third-order valence-corrected chi connectivity index (χ3v) is 6.19. The van der Waals surface area contributed by atoms with E-state index >= 15 is 0 Å². The van der Waals surface area contributed by atoms with Crippen molar-refractivity contribution >= 4 is 11.7 Å². The molecular weight excluding hydrogens is 348 g/mol. The van der Waals surface area contributed by atoms with Crippen LogP contribution in [0.4, 0.5) is 5.95 Å². The number of hydrogen-bond acceptors (Lipinski definition) is 5. The van der Waals surface area contributed by atoms with Crippen LogP contribution in [-0.4, -0.2) is 45.8 Å². The van der Waals surface area contributed by atoms with E-state index in [1.54, 1.807) is 6.92 Å². The third kappa shape index (κ3) is 3.95. The number of nitrogens with zero attached hydrogens (tertiary/aromatic N) is 4. The van der Waals surface area contributed by atoms with Crippen LogP contribution in [0.1, 0.15) is 51.2 Å². The molecule has 0 N–H and O–H groups in total. The van der Waals surface area contributed by atoms with Gasteiger partial charge in [-0.2, -0.15) is 0 Å². The van der Waals surface area contributed by atoms with E-state index in [2.05, 4.69) is 57.9 Å². The summed E-state index contributed by atoms with van der Waals surface area (Å²) in [4.78, 5) is 25.3. The van der Waals surface area contributed by atoms with Crippen LogP contribution in [0.25, 0.3) is 0 Å². The predicted octanol–water partition coefficient (Wildman–Crippen LogP) is 3.59. The molecule has 2 heterocycles. The van der Waals surface area contributed by atoms with Gasteiger partial charge in [-0.25, -0.2) is 9.97 Å². The van der Waals surface area contributed by atoms with E-state index in [-0.39, 0.29) is 5.41 Å². The van der Waals surface area contributed by atoms with Gasteiger partial charge in [-0.3, -0.25) is 9.69 Å². The number of piperazine rings is 1. The first kappa shape index (κ1) is 19.1. The lowest BCUT2D eigenvalue weighted by atomic mass is 9.90. The Balaban J connectivity index is 1.40. The fraction of sp³-hybridized carbons (Fsp3) is 0.522. The summed E-state index contributed by atoms with van der Waals surface area (Å²) in [5, 5.41) is 0. The molecule has 0 amide bonds. The second-order valence-corrected chi connectivity index (χ2v) is 8.70. The van der Waals surface area contributed by atoms with Crippen molar-refractivity contribution in [1.82, 2.24) is 14.9 Å². The molecule has 5 nitrogen and oxygen atoms in total. The summed E-state index contributed by atoms with van der Waals surface area (Å²) in [6.07, 6.45) is 6.60. The highest BCUT2D eigenvalue weighted by Crippen LogP contribution is 2.51. The lowest BCUT2D eigenvalue weighted by molar-refractivity contribution is -0.117. The molecule has 0 bridgehead atoms. The van der Waals surface area contributed by atoms with Gasteiger partial charge in [0.05, 0.1) is 0 Å². The Morgan fingerprint density at radius 2 is 1.68 bits per heavy atom. The number of carbonyl (C=O) groups is 1. The molecular formula is C23H30N4O. The van der Waals surface area contributed by atoms with Gasteiger partial charge in [-0.15, -0.1) is 0 Å². The van der Waals surface area contributed by atoms with E-state index in [1.807, 2.05) is 18.5 Å². The first-order valence-corrected chi connectivity index (χ1v) is 10.3. The zero-order valence-corrected chi connectivity index (χ0v) is 17.1. The van der Waals surface area contributed by atoms with Crippen molar-refractivity contribution in [3.8, 4) is 0 Å². The molecule has 2 fully saturated rings. The largest absolute Gasteiger partial charge is 0.333 e. The normalized spacial score (nSPS) is 24.2. The lowest BCUT2D eigenvalue weighted by Gasteiger charge is -2.44. The van der Waals surface area contributed by atoms with E-state index in [0.29, 0.717) is 24.3 Å². The monoisotopic (exact) mass is 378 g/mol. The van der Waals surface area contributed by atoms with E-state index in [4.69, 9.17) is 0 Å². The van der Waals surface area contributed by atoms with Gasteiger partial charge in [0, 0.05) is 55.9 Å². The number of Topliss-reactive ketones (excluding diaryl/α,β-unsaturated/α-hetero) is 1. The highest BCUT2D eigenvalue weighted by molar-refractivity contribution is 5.78. The number of anilines is 1. The minimum atomic E-state index is 0.134. The van der Waals surface area contributed by atoms with Crippen molar-refractivity contribution in [1.29, 1.82) is 0 Å². The third-order valence-electron chi connectivity index (χ3n) is 6.19. The first-order chi connectivity index (χ1) is 13.5. The Bertz CT molecular complexity index is 804. The second kappa shape index (κ2) is 7.63. The molecule has 0 radical (unpaired) electrons. The van der Waals surface area contributed by atoms with Crippen LogP contribution in [0.2, 0.25) is 0 Å². The summed E-state index contributed by atoms with van der Waals surface area (Å²) in [5.41, 5.74) is 2.81. The van der Waals surface area contributed by atoms with Crippen LogP contribution >= 0.6 is 0 Å². The minimum absolute atomic E-state index is 0.134. The van der Waals surface area contributed by atoms with Crippen LogP contribution in [-0.2, 0) is 16.8 Å². The second-order valence-electron chi connectivity index (χ2n) is 8.70. The highest BCUT2D eigenvalue weighted by Gasteiger charge is 2.44. The fourth-order valence-corrected chi connectivity index (χ4v) is 4.80. The average Bonchev–Trinajstić information content (AvgIpc) is 3.42. The fourth-order valence-electron chi connectivity index (χ4n) is 4.80. The molecule has 2 aromatic rings. The maximum atomic E-state index is 11.6. The molecule has 0 spiro atoms. The van der Waals surface area contributed by atoms with E-state index in [9.17, 15) is 4.79 Å². The van der Waals surface area contributed by atoms with E-state index < -0.39 is 0 Å². The molecule has 148 valence electrons. The van der Waals surface area contributed by atoms with E-state index in [1.165, 1.54) is 11.1 Å². The van der Waals surface area contributed by atoms with Crippen LogP contribution in [0.3, 0.4) is 0 Å². The molecule has 1 saturated heterocycles. The van der Waals surface area contributed by atoms with Gasteiger partial charge in [0.15, 0.2) is 0 Å². The molecule has 2 aliphatic rings. The van der Waals surface area contributed by atoms with Crippen molar-refractivity contribution in [2.24, 2.45) is 0 Å². The molecule has 1 aliphatic carbocycles. The molecule has 1 aromatic carbocycles. The molecule has 1 aromatic heterocycles. The zero-order valence-electron chi connectivity index (χ0n) is 17.1. The van der Waals surface area contributed by atoms with Gasteiger partial charge in [0.25, 0.3) is 0 Å². The molecule has 5 heteroatoms. The number of carbonyl (C=O) groups excluding carboxylic acids is 1. The summed E-state index contributed by atoms with van der Waals surface area (Å²) in [6, 6.07) is 11.6. The van der Waals surface area contributed by atoms with Gasteiger partial charge in [0.1, 0.15) is 5.78 Å². The number of benzene rings is 1. The quantitative estimate of drug-likeness (QED) is 0.769. The Hall–Kier alpha value is -2.27. The lowest BCUT2D eigenvalue weighted by Crippen LogP contribution is -2.57. The van der Waals surface area contributed by atoms with Crippen LogP contribution in [0.5, 0.6) is 0 Å². The van der Waals surface area contributed by atoms with Gasteiger partial charge in [-0.05, 0) is 50.8 Å². The Morgan fingerprint density at radius 3 is 2.21 bits per heavy atom. The van der Waals surface area contributed by atoms with Crippen LogP contribution < -0.4 is 4.90 Å². The smallest absolute Gasteiger partial charge is 0.225 e. The SMILES string of the molecule is CC(=O)CC1(c2ccc(CN3CC(C)N(c4ncccn4)C(C)C3)cc2)CC1. The van der Waals surface area contributed by atoms with Crippen LogP contribution in [0, 0.1) is 0 Å². The van der Waals surface area contributed by atoms with Gasteiger partial charge in [-0.1, -0.05) is 24.3 Å². The number of hydrogen-bond donors (Lipinski definition) is 0. The minimum Gasteiger partial charge on any atom is -0.333 e. The number of rotatable bonds is 6. The van der Waals surface area contributed by atoms with Crippen molar-refractivity contribution in [2.45, 2.75) is 64.1 Å². The van der Waals surface area contributed by atoms with Crippen molar-refractivity contribution in [2.75, 3.05) is 18.0 Å². The standard InChI is InChI=1S/C23H30N4O/c1-17-14-26(15-18(2)27(17)22-24-11-4-12-25-22)16-20-5-7-21(8-6-20)23(9-10-23)13-19(3)28/h4-8,11-12,17-18H,9-10,13-16H2,1-3H3. The molecule has 1 saturated carbocycles. The van der Waals surface area contributed by atoms with Gasteiger partial charge in [0.2, 0.25) is 5.95 Å². The topological polar surface area (TPSA) is 49.3 Å². The van der Waals surface area contributed by atoms with Crippen molar-refractivity contribution in [3.63, 3.8) is 0 Å². The number of aromatic nitrogens is 2. The highest BCUT2D eigenvalue weighted by atomic mass is 16.1. The molecule has 2 unspecified atom stereocenters. The summed E-state index contributed by atoms with van der Waals surface area (Å²) in [6.45, 7) is 9.16. The molecule has 1 aliphatic heterocycles. The van der Waals surface area contributed by atoms with Crippen molar-refractivity contribution < 1.29 is 4.79 Å². The Labute approximate surface area is 167 Å². The molecule has 28 heavy (non-hydrogen) atoms. The Morgan fingerprint density at radius 1 is 1.07 bits per heavy atom. The summed E-state index contributed by atoms with van der Waals surface area (Å²) < 4.78 is 0.